The zero-order chi connectivity index (χ0) is 16.7. The zero-order valence-electron chi connectivity index (χ0n) is 12.3. The molecule has 0 amide bonds. The van der Waals surface area contributed by atoms with E-state index in [9.17, 15) is 12.8 Å². The Morgan fingerprint density at radius 1 is 1.35 bits per heavy atom. The van der Waals surface area contributed by atoms with Crippen LogP contribution < -0.4 is 5.32 Å². The second-order valence-electron chi connectivity index (χ2n) is 5.70. The lowest BCUT2D eigenvalue weighted by Crippen LogP contribution is -2.40. The van der Waals surface area contributed by atoms with Gasteiger partial charge in [0, 0.05) is 31.2 Å². The van der Waals surface area contributed by atoms with E-state index in [1.165, 1.54) is 16.4 Å². The fourth-order valence-electron chi connectivity index (χ4n) is 2.47. The first-order chi connectivity index (χ1) is 10.8. The summed E-state index contributed by atoms with van der Waals surface area (Å²) in [5, 5.41) is 3.06. The van der Waals surface area contributed by atoms with Crippen molar-refractivity contribution >= 4 is 38.9 Å². The standard InChI is InChI=1S/C14H17Cl2FN2O3S/c15-14(16)8-10(14)9-18-11-1-2-12(17)13(7-11)23(20,21)19-3-5-22-6-4-19/h1-2,7,10,18H,3-6,8-9H2/t10-/m1/s1. The number of halogens is 3. The van der Waals surface area contributed by atoms with Crippen molar-refractivity contribution in [3.63, 3.8) is 0 Å². The average Bonchev–Trinajstić information content (AvgIpc) is 3.14. The minimum absolute atomic E-state index is 0.107. The minimum atomic E-state index is -3.87. The predicted octanol–water partition coefficient (Wildman–Crippen LogP) is 2.45. The van der Waals surface area contributed by atoms with E-state index in [4.69, 9.17) is 27.9 Å². The highest BCUT2D eigenvalue weighted by Crippen LogP contribution is 2.52. The number of morpholine rings is 1. The van der Waals surface area contributed by atoms with Gasteiger partial charge in [0.05, 0.1) is 13.2 Å². The van der Waals surface area contributed by atoms with E-state index in [2.05, 4.69) is 5.32 Å². The number of nitrogens with one attached hydrogen (secondary N) is 1. The number of nitrogens with zero attached hydrogens (tertiary/aromatic N) is 1. The average molecular weight is 383 g/mol. The van der Waals surface area contributed by atoms with E-state index < -0.39 is 20.2 Å². The molecular formula is C14H17Cl2FN2O3S. The lowest BCUT2D eigenvalue weighted by Gasteiger charge is -2.26. The van der Waals surface area contributed by atoms with Gasteiger partial charge in [0.15, 0.2) is 0 Å². The molecule has 2 fully saturated rings. The summed E-state index contributed by atoms with van der Waals surface area (Å²) in [5.41, 5.74) is 0.522. The highest BCUT2D eigenvalue weighted by molar-refractivity contribution is 7.89. The van der Waals surface area contributed by atoms with Crippen molar-refractivity contribution in [1.82, 2.24) is 4.31 Å². The fourth-order valence-corrected chi connectivity index (χ4v) is 4.49. The van der Waals surface area contributed by atoms with Crippen LogP contribution in [0.4, 0.5) is 10.1 Å². The van der Waals surface area contributed by atoms with Crippen LogP contribution in [-0.2, 0) is 14.8 Å². The molecule has 3 rings (SSSR count). The molecule has 1 saturated heterocycles. The summed E-state index contributed by atoms with van der Waals surface area (Å²) in [6.07, 6.45) is 0.684. The van der Waals surface area contributed by atoms with Crippen LogP contribution in [0.25, 0.3) is 0 Å². The van der Waals surface area contributed by atoms with E-state index in [0.29, 0.717) is 31.9 Å². The monoisotopic (exact) mass is 382 g/mol. The Morgan fingerprint density at radius 2 is 2.00 bits per heavy atom. The Bertz CT molecular complexity index is 693. The number of hydrogen-bond acceptors (Lipinski definition) is 4. The third kappa shape index (κ3) is 3.74. The van der Waals surface area contributed by atoms with Gasteiger partial charge in [-0.05, 0) is 24.6 Å². The molecule has 1 atom stereocenters. The molecule has 1 aromatic rings. The molecule has 0 aromatic heterocycles. The van der Waals surface area contributed by atoms with Crippen LogP contribution >= 0.6 is 23.2 Å². The Morgan fingerprint density at radius 3 is 2.61 bits per heavy atom. The number of rotatable bonds is 5. The van der Waals surface area contributed by atoms with E-state index in [0.717, 1.165) is 6.07 Å². The molecule has 0 radical (unpaired) electrons. The fraction of sp³-hybridized carbons (Fsp3) is 0.571. The van der Waals surface area contributed by atoms with Gasteiger partial charge in [0.25, 0.3) is 0 Å². The SMILES string of the molecule is O=S(=O)(c1cc(NC[C@H]2CC2(Cl)Cl)ccc1F)N1CCOCC1. The van der Waals surface area contributed by atoms with Crippen LogP contribution in [0, 0.1) is 11.7 Å². The highest BCUT2D eigenvalue weighted by Gasteiger charge is 2.51. The Hall–Kier alpha value is -0.600. The maximum absolute atomic E-state index is 14.0. The van der Waals surface area contributed by atoms with Crippen LogP contribution in [0.3, 0.4) is 0 Å². The van der Waals surface area contributed by atoms with Crippen LogP contribution in [-0.4, -0.2) is 49.9 Å². The van der Waals surface area contributed by atoms with Gasteiger partial charge in [-0.1, -0.05) is 0 Å². The third-order valence-corrected chi connectivity index (χ3v) is 6.87. The van der Waals surface area contributed by atoms with Gasteiger partial charge in [-0.25, -0.2) is 12.8 Å². The van der Waals surface area contributed by atoms with Gasteiger partial charge in [0.2, 0.25) is 10.0 Å². The van der Waals surface area contributed by atoms with Crippen molar-refractivity contribution in [3.05, 3.63) is 24.0 Å². The van der Waals surface area contributed by atoms with Crippen molar-refractivity contribution < 1.29 is 17.5 Å². The van der Waals surface area contributed by atoms with Gasteiger partial charge in [-0.2, -0.15) is 4.31 Å². The van der Waals surface area contributed by atoms with E-state index in [1.807, 2.05) is 0 Å². The minimum Gasteiger partial charge on any atom is -0.385 e. The van der Waals surface area contributed by atoms with Crippen molar-refractivity contribution in [2.45, 2.75) is 15.6 Å². The summed E-state index contributed by atoms with van der Waals surface area (Å²) >= 11 is 11.9. The van der Waals surface area contributed by atoms with Crippen molar-refractivity contribution in [2.24, 2.45) is 5.92 Å². The number of anilines is 1. The lowest BCUT2D eigenvalue weighted by atomic mass is 10.3. The summed E-state index contributed by atoms with van der Waals surface area (Å²) in [7, 11) is -3.87. The second-order valence-corrected chi connectivity index (χ2v) is 9.15. The summed E-state index contributed by atoms with van der Waals surface area (Å²) in [5.74, 6) is -0.660. The first kappa shape index (κ1) is 17.2. The highest BCUT2D eigenvalue weighted by atomic mass is 35.5. The molecule has 0 spiro atoms. The Kier molecular flexibility index (Phi) is 4.77. The van der Waals surface area contributed by atoms with Crippen LogP contribution in [0.15, 0.2) is 23.1 Å². The van der Waals surface area contributed by atoms with Crippen LogP contribution in [0.1, 0.15) is 6.42 Å². The Labute approximate surface area is 144 Å². The molecule has 1 aliphatic heterocycles. The van der Waals surface area contributed by atoms with Crippen molar-refractivity contribution in [2.75, 3.05) is 38.2 Å². The summed E-state index contributed by atoms with van der Waals surface area (Å²) in [6, 6.07) is 3.96. The molecule has 0 bridgehead atoms. The smallest absolute Gasteiger partial charge is 0.246 e. The van der Waals surface area contributed by atoms with Crippen molar-refractivity contribution in [1.29, 1.82) is 0 Å². The molecule has 0 unspecified atom stereocenters. The second kappa shape index (κ2) is 6.37. The van der Waals surface area contributed by atoms with E-state index in [-0.39, 0.29) is 23.9 Å². The molecule has 23 heavy (non-hydrogen) atoms. The molecule has 1 aliphatic carbocycles. The normalized spacial score (nSPS) is 24.4. The number of hydrogen-bond donors (Lipinski definition) is 1. The van der Waals surface area contributed by atoms with Crippen LogP contribution in [0.5, 0.6) is 0 Å². The first-order valence-electron chi connectivity index (χ1n) is 7.30. The Balaban J connectivity index is 1.77. The molecule has 9 heteroatoms. The maximum Gasteiger partial charge on any atom is 0.246 e. The number of alkyl halides is 2. The molecule has 2 aliphatic rings. The first-order valence-corrected chi connectivity index (χ1v) is 9.49. The van der Waals surface area contributed by atoms with Crippen molar-refractivity contribution in [3.8, 4) is 0 Å². The van der Waals surface area contributed by atoms with Gasteiger partial charge in [0.1, 0.15) is 15.0 Å². The number of benzene rings is 1. The summed E-state index contributed by atoms with van der Waals surface area (Å²) in [4.78, 5) is -0.330. The summed E-state index contributed by atoms with van der Waals surface area (Å²) < 4.78 is 44.9. The summed E-state index contributed by atoms with van der Waals surface area (Å²) in [6.45, 7) is 1.59. The molecule has 5 nitrogen and oxygen atoms in total. The maximum atomic E-state index is 14.0. The number of sulfonamides is 1. The van der Waals surface area contributed by atoms with Gasteiger partial charge < -0.3 is 10.1 Å². The predicted molar refractivity (Wildman–Crippen MR) is 87.0 cm³/mol. The topological polar surface area (TPSA) is 58.6 Å². The zero-order valence-corrected chi connectivity index (χ0v) is 14.6. The molecule has 128 valence electrons. The third-order valence-electron chi connectivity index (χ3n) is 4.03. The molecule has 1 saturated carbocycles. The van der Waals surface area contributed by atoms with Gasteiger partial charge in [-0.3, -0.25) is 0 Å². The molecule has 1 N–H and O–H groups in total. The number of ether oxygens (including phenoxy) is 1. The quantitative estimate of drug-likeness (QED) is 0.794. The van der Waals surface area contributed by atoms with Gasteiger partial charge in [-0.15, -0.1) is 23.2 Å². The van der Waals surface area contributed by atoms with Crippen LogP contribution in [0.2, 0.25) is 0 Å². The largest absolute Gasteiger partial charge is 0.385 e. The molecule has 1 aromatic carbocycles. The molecule has 1 heterocycles. The lowest BCUT2D eigenvalue weighted by molar-refractivity contribution is 0.0729. The van der Waals surface area contributed by atoms with E-state index in [1.54, 1.807) is 0 Å². The molecular weight excluding hydrogens is 366 g/mol. The van der Waals surface area contributed by atoms with Gasteiger partial charge >= 0.3 is 0 Å². The van der Waals surface area contributed by atoms with E-state index >= 15 is 0 Å².